The van der Waals surface area contributed by atoms with Gasteiger partial charge < -0.3 is 0 Å². The molecule has 3 nitrogen and oxygen atoms in total. The van der Waals surface area contributed by atoms with Gasteiger partial charge in [-0.25, -0.2) is 9.97 Å². The van der Waals surface area contributed by atoms with Gasteiger partial charge in [0.15, 0.2) is 0 Å². The summed E-state index contributed by atoms with van der Waals surface area (Å²) in [7, 11) is 0. The lowest BCUT2D eigenvalue weighted by molar-refractivity contribution is 0.991. The highest BCUT2D eigenvalue weighted by Crippen LogP contribution is 2.20. The van der Waals surface area contributed by atoms with Crippen molar-refractivity contribution in [3.8, 4) is 5.82 Å². The van der Waals surface area contributed by atoms with Crippen molar-refractivity contribution in [3.63, 3.8) is 0 Å². The van der Waals surface area contributed by atoms with E-state index >= 15 is 0 Å². The van der Waals surface area contributed by atoms with E-state index in [0.717, 1.165) is 16.9 Å². The van der Waals surface area contributed by atoms with E-state index in [2.05, 4.69) is 28.2 Å². The molecule has 0 saturated carbocycles. The maximum absolute atomic E-state index is 4.57. The van der Waals surface area contributed by atoms with Crippen molar-refractivity contribution < 1.29 is 0 Å². The first kappa shape index (κ1) is 9.09. The molecule has 16 heavy (non-hydrogen) atoms. The van der Waals surface area contributed by atoms with Gasteiger partial charge in [-0.05, 0) is 18.4 Å². The molecule has 0 aliphatic rings. The van der Waals surface area contributed by atoms with Crippen molar-refractivity contribution in [2.75, 3.05) is 0 Å². The average Bonchev–Trinajstić information content (AvgIpc) is 2.81. The van der Waals surface area contributed by atoms with Gasteiger partial charge in [-0.3, -0.25) is 4.57 Å². The van der Waals surface area contributed by atoms with Crippen LogP contribution in [0.15, 0.2) is 49.1 Å². The van der Waals surface area contributed by atoms with Crippen LogP contribution >= 0.6 is 0 Å². The van der Waals surface area contributed by atoms with E-state index in [1.165, 1.54) is 5.39 Å². The predicted octanol–water partition coefficient (Wildman–Crippen LogP) is 2.73. The molecule has 0 bridgehead atoms. The van der Waals surface area contributed by atoms with Gasteiger partial charge in [0.25, 0.3) is 0 Å². The lowest BCUT2D eigenvalue weighted by Gasteiger charge is -2.07. The second kappa shape index (κ2) is 3.45. The highest BCUT2D eigenvalue weighted by atomic mass is 15.1. The number of fused-ring (bicyclic) bond motifs is 1. The molecule has 0 fully saturated rings. The number of hydrogen-bond donors (Lipinski definition) is 0. The van der Waals surface area contributed by atoms with Crippen LogP contribution in [0.4, 0.5) is 0 Å². The van der Waals surface area contributed by atoms with Crippen molar-refractivity contribution in [1.29, 1.82) is 0 Å². The molecule has 3 rings (SSSR count). The Morgan fingerprint density at radius 3 is 2.88 bits per heavy atom. The summed E-state index contributed by atoms with van der Waals surface area (Å²) in [4.78, 5) is 8.62. The van der Waals surface area contributed by atoms with Crippen molar-refractivity contribution >= 4 is 10.8 Å². The number of aromatic nitrogens is 3. The molecule has 0 atom stereocenters. The topological polar surface area (TPSA) is 30.7 Å². The van der Waals surface area contributed by atoms with Crippen LogP contribution in [0.5, 0.6) is 0 Å². The molecule has 3 aromatic rings. The molecule has 78 valence electrons. The maximum atomic E-state index is 4.57. The minimum atomic E-state index is 0.938. The van der Waals surface area contributed by atoms with Gasteiger partial charge in [-0.1, -0.05) is 24.3 Å². The van der Waals surface area contributed by atoms with E-state index in [1.807, 2.05) is 29.8 Å². The van der Waals surface area contributed by atoms with Crippen LogP contribution in [0.2, 0.25) is 0 Å². The van der Waals surface area contributed by atoms with Gasteiger partial charge in [0.1, 0.15) is 12.1 Å². The Labute approximate surface area is 93.4 Å². The van der Waals surface area contributed by atoms with Gasteiger partial charge in [0.2, 0.25) is 0 Å². The maximum Gasteiger partial charge on any atom is 0.146 e. The summed E-state index contributed by atoms with van der Waals surface area (Å²) in [6, 6.07) is 10.3. The lowest BCUT2D eigenvalue weighted by Crippen LogP contribution is -1.97. The third-order valence-electron chi connectivity index (χ3n) is 2.60. The highest BCUT2D eigenvalue weighted by Gasteiger charge is 2.04. The molecular weight excluding hydrogens is 198 g/mol. The smallest absolute Gasteiger partial charge is 0.146 e. The molecule has 0 aliphatic carbocycles. The summed E-state index contributed by atoms with van der Waals surface area (Å²) in [6.07, 6.45) is 5.45. The van der Waals surface area contributed by atoms with Crippen molar-refractivity contribution in [2.45, 2.75) is 6.92 Å². The Balaban J connectivity index is 2.39. The minimum absolute atomic E-state index is 0.938. The summed E-state index contributed by atoms with van der Waals surface area (Å²) in [5.74, 6) is 0.938. The fraction of sp³-hybridized carbons (Fsp3) is 0.0769. The Kier molecular flexibility index (Phi) is 1.96. The molecule has 0 N–H and O–H groups in total. The largest absolute Gasteiger partial charge is 0.290 e. The van der Waals surface area contributed by atoms with Crippen molar-refractivity contribution in [1.82, 2.24) is 14.5 Å². The summed E-state index contributed by atoms with van der Waals surface area (Å²) in [5.41, 5.74) is 1.02. The number of imidazole rings is 1. The van der Waals surface area contributed by atoms with Crippen LogP contribution in [0.25, 0.3) is 16.6 Å². The fourth-order valence-corrected chi connectivity index (χ4v) is 1.89. The van der Waals surface area contributed by atoms with E-state index < -0.39 is 0 Å². The highest BCUT2D eigenvalue weighted by molar-refractivity contribution is 5.88. The third kappa shape index (κ3) is 1.37. The summed E-state index contributed by atoms with van der Waals surface area (Å²) >= 11 is 0. The molecule has 2 aromatic heterocycles. The number of nitrogens with zero attached hydrogens (tertiary/aromatic N) is 3. The summed E-state index contributed by atoms with van der Waals surface area (Å²) in [6.45, 7) is 2.01. The Morgan fingerprint density at radius 1 is 1.19 bits per heavy atom. The van der Waals surface area contributed by atoms with Gasteiger partial charge in [-0.15, -0.1) is 0 Å². The van der Waals surface area contributed by atoms with Gasteiger partial charge in [-0.2, -0.15) is 0 Å². The van der Waals surface area contributed by atoms with E-state index in [0.29, 0.717) is 0 Å². The zero-order valence-corrected chi connectivity index (χ0v) is 8.96. The third-order valence-corrected chi connectivity index (χ3v) is 2.60. The number of aryl methyl sites for hydroxylation is 1. The molecule has 2 heterocycles. The van der Waals surface area contributed by atoms with Crippen molar-refractivity contribution in [2.24, 2.45) is 0 Å². The summed E-state index contributed by atoms with van der Waals surface area (Å²) < 4.78 is 1.94. The first-order chi connectivity index (χ1) is 7.84. The van der Waals surface area contributed by atoms with Crippen LogP contribution in [-0.2, 0) is 0 Å². The van der Waals surface area contributed by atoms with E-state index in [1.54, 1.807) is 12.5 Å². The minimum Gasteiger partial charge on any atom is -0.290 e. The van der Waals surface area contributed by atoms with Gasteiger partial charge >= 0.3 is 0 Å². The second-order valence-electron chi connectivity index (χ2n) is 3.78. The van der Waals surface area contributed by atoms with Crippen LogP contribution in [-0.4, -0.2) is 14.5 Å². The number of rotatable bonds is 1. The molecular formula is C13H11N3. The Hall–Kier alpha value is -2.16. The van der Waals surface area contributed by atoms with Crippen LogP contribution in [0, 0.1) is 6.92 Å². The van der Waals surface area contributed by atoms with E-state index in [9.17, 15) is 0 Å². The standard InChI is InChI=1S/C13H11N3/c1-10-8-11-4-2-3-5-12(11)13(15-10)16-7-6-14-9-16/h2-9H,1H3. The SMILES string of the molecule is Cc1cc2ccccc2c(-n2ccnc2)n1. The van der Waals surface area contributed by atoms with Crippen LogP contribution < -0.4 is 0 Å². The van der Waals surface area contributed by atoms with E-state index in [4.69, 9.17) is 0 Å². The number of pyridine rings is 1. The Bertz CT molecular complexity index is 627. The summed E-state index contributed by atoms with van der Waals surface area (Å²) in [5, 5.41) is 2.35. The quantitative estimate of drug-likeness (QED) is 0.617. The zero-order valence-electron chi connectivity index (χ0n) is 8.96. The van der Waals surface area contributed by atoms with Crippen LogP contribution in [0.3, 0.4) is 0 Å². The van der Waals surface area contributed by atoms with Gasteiger partial charge in [0.05, 0.1) is 0 Å². The normalized spacial score (nSPS) is 10.8. The molecule has 0 unspecified atom stereocenters. The molecule has 0 aliphatic heterocycles. The average molecular weight is 209 g/mol. The number of benzene rings is 1. The number of hydrogen-bond acceptors (Lipinski definition) is 2. The lowest BCUT2D eigenvalue weighted by atomic mass is 10.1. The molecule has 0 saturated heterocycles. The predicted molar refractivity (Wildman–Crippen MR) is 63.6 cm³/mol. The van der Waals surface area contributed by atoms with Gasteiger partial charge in [0, 0.05) is 23.5 Å². The van der Waals surface area contributed by atoms with Crippen molar-refractivity contribution in [3.05, 3.63) is 54.7 Å². The van der Waals surface area contributed by atoms with Crippen LogP contribution in [0.1, 0.15) is 5.69 Å². The molecule has 0 radical (unpaired) electrons. The molecule has 3 heteroatoms. The Morgan fingerprint density at radius 2 is 2.06 bits per heavy atom. The van der Waals surface area contributed by atoms with E-state index in [-0.39, 0.29) is 0 Å². The zero-order chi connectivity index (χ0) is 11.0. The monoisotopic (exact) mass is 209 g/mol. The first-order valence-electron chi connectivity index (χ1n) is 5.19. The first-order valence-corrected chi connectivity index (χ1v) is 5.19. The molecule has 0 amide bonds. The molecule has 0 spiro atoms. The fourth-order valence-electron chi connectivity index (χ4n) is 1.89. The molecule has 1 aromatic carbocycles. The second-order valence-corrected chi connectivity index (χ2v) is 3.78.